The summed E-state index contributed by atoms with van der Waals surface area (Å²) in [6.07, 6.45) is -3.45. The molecule has 0 amide bonds. The van der Waals surface area contributed by atoms with Crippen LogP contribution in [-0.4, -0.2) is 40.3 Å². The lowest BCUT2D eigenvalue weighted by Gasteiger charge is -2.15. The van der Waals surface area contributed by atoms with Gasteiger partial charge >= 0.3 is 6.18 Å². The van der Waals surface area contributed by atoms with Gasteiger partial charge in [0.1, 0.15) is 16.9 Å². The number of anilines is 1. The maximum absolute atomic E-state index is 13.5. The molecule has 9 nitrogen and oxygen atoms in total. The molecule has 0 atom stereocenters. The number of alkyl halides is 3. The summed E-state index contributed by atoms with van der Waals surface area (Å²) in [7, 11) is -0.880. The van der Waals surface area contributed by atoms with Gasteiger partial charge in [-0.3, -0.25) is 4.79 Å². The molecule has 2 N–H and O–H groups in total. The van der Waals surface area contributed by atoms with Gasteiger partial charge in [-0.1, -0.05) is 6.92 Å². The maximum atomic E-state index is 13.5. The number of pyridine rings is 2. The number of nitrogens with two attached hydrogens (primary N) is 1. The van der Waals surface area contributed by atoms with Crippen molar-refractivity contribution in [3.8, 4) is 11.5 Å². The predicted molar refractivity (Wildman–Crippen MR) is 109 cm³/mol. The highest BCUT2D eigenvalue weighted by atomic mass is 32.2. The van der Waals surface area contributed by atoms with Gasteiger partial charge in [0, 0.05) is 20.6 Å². The Balaban J connectivity index is 2.41. The number of sulfone groups is 1. The number of aryl methyl sites for hydroxylation is 1. The monoisotopic (exact) mass is 458 g/mol. The molecule has 3 heterocycles. The minimum Gasteiger partial charge on any atom is -0.321 e. The third-order valence-corrected chi connectivity index (χ3v) is 6.65. The van der Waals surface area contributed by atoms with E-state index in [0.29, 0.717) is 10.3 Å². The molecule has 0 bridgehead atoms. The predicted octanol–water partition coefficient (Wildman–Crippen LogP) is 1.94. The zero-order valence-electron chi connectivity index (χ0n) is 17.2. The highest BCUT2D eigenvalue weighted by molar-refractivity contribution is 7.91. The summed E-state index contributed by atoms with van der Waals surface area (Å²) in [5.74, 6) is 5.39. The lowest BCUT2D eigenvalue weighted by atomic mass is 10.3. The van der Waals surface area contributed by atoms with Crippen molar-refractivity contribution in [2.24, 2.45) is 12.9 Å². The second-order valence-corrected chi connectivity index (χ2v) is 9.11. The molecule has 0 saturated carbocycles. The van der Waals surface area contributed by atoms with Crippen LogP contribution in [0.15, 0.2) is 28.0 Å². The number of halogens is 3. The van der Waals surface area contributed by atoms with E-state index in [2.05, 4.69) is 9.97 Å². The van der Waals surface area contributed by atoms with Crippen molar-refractivity contribution >= 4 is 26.6 Å². The van der Waals surface area contributed by atoms with Crippen LogP contribution in [0.25, 0.3) is 22.6 Å². The van der Waals surface area contributed by atoms with Gasteiger partial charge in [-0.25, -0.2) is 24.2 Å². The molecule has 0 aliphatic rings. The largest absolute Gasteiger partial charge is 0.431 e. The Labute approximate surface area is 175 Å². The standard InChI is InChI=1S/C18H21F3N6O3S/c1-5-27-13(18(19,20)21)8-11-15(17(27)28)25(3)16(24-11)14-12(31(29,30)6-2)7-10(9-23-14)26(4)22/h7-9H,5-6,22H2,1-4H3. The van der Waals surface area contributed by atoms with Gasteiger partial charge in [-0.15, -0.1) is 0 Å². The van der Waals surface area contributed by atoms with Gasteiger partial charge in [0.05, 0.1) is 28.0 Å². The van der Waals surface area contributed by atoms with E-state index in [1.807, 2.05) is 0 Å². The molecule has 0 aliphatic carbocycles. The molecule has 0 spiro atoms. The first-order valence-electron chi connectivity index (χ1n) is 9.22. The van der Waals surface area contributed by atoms with Gasteiger partial charge in [-0.05, 0) is 19.1 Å². The summed E-state index contributed by atoms with van der Waals surface area (Å²) in [5.41, 5.74) is -2.09. The first-order chi connectivity index (χ1) is 14.3. The van der Waals surface area contributed by atoms with Crippen LogP contribution in [0, 0.1) is 0 Å². The molecule has 3 aromatic rings. The number of fused-ring (bicyclic) bond motifs is 1. The molecule has 0 saturated heterocycles. The average molecular weight is 458 g/mol. The highest BCUT2D eigenvalue weighted by Crippen LogP contribution is 2.33. The van der Waals surface area contributed by atoms with Crippen molar-refractivity contribution < 1.29 is 21.6 Å². The minimum absolute atomic E-state index is 0.0488. The SMILES string of the molecule is CCn1c(C(F)(F)F)cc2nc(-c3ncc(N(C)N)cc3S(=O)(=O)CC)n(C)c2c1=O. The van der Waals surface area contributed by atoms with Crippen LogP contribution in [0.3, 0.4) is 0 Å². The summed E-state index contributed by atoms with van der Waals surface area (Å²) >= 11 is 0. The van der Waals surface area contributed by atoms with Crippen LogP contribution in [0.1, 0.15) is 19.5 Å². The molecule has 3 aromatic heterocycles. The lowest BCUT2D eigenvalue weighted by Crippen LogP contribution is -2.28. The Hall–Kier alpha value is -2.93. The van der Waals surface area contributed by atoms with Gasteiger partial charge in [0.2, 0.25) is 0 Å². The van der Waals surface area contributed by atoms with Crippen LogP contribution in [0.4, 0.5) is 18.9 Å². The fourth-order valence-electron chi connectivity index (χ4n) is 3.27. The second kappa shape index (κ2) is 7.64. The first kappa shape index (κ1) is 22.7. The lowest BCUT2D eigenvalue weighted by molar-refractivity contribution is -0.144. The van der Waals surface area contributed by atoms with Crippen molar-refractivity contribution in [3.63, 3.8) is 0 Å². The van der Waals surface area contributed by atoms with Crippen molar-refractivity contribution in [2.75, 3.05) is 17.8 Å². The van der Waals surface area contributed by atoms with Gasteiger partial charge < -0.3 is 14.1 Å². The van der Waals surface area contributed by atoms with Crippen LogP contribution in [0.5, 0.6) is 0 Å². The summed E-state index contributed by atoms with van der Waals surface area (Å²) < 4.78 is 67.6. The topological polar surface area (TPSA) is 116 Å². The van der Waals surface area contributed by atoms with E-state index in [1.165, 1.54) is 49.8 Å². The van der Waals surface area contributed by atoms with E-state index in [9.17, 15) is 26.4 Å². The van der Waals surface area contributed by atoms with Crippen LogP contribution in [0.2, 0.25) is 0 Å². The molecule has 168 valence electrons. The third kappa shape index (κ3) is 3.78. The fourth-order valence-corrected chi connectivity index (χ4v) is 4.32. The Bertz CT molecular complexity index is 1330. The number of aromatic nitrogens is 4. The van der Waals surface area contributed by atoms with Gasteiger partial charge in [0.25, 0.3) is 5.56 Å². The van der Waals surface area contributed by atoms with Crippen molar-refractivity contribution in [1.29, 1.82) is 0 Å². The zero-order valence-corrected chi connectivity index (χ0v) is 18.0. The molecule has 0 unspecified atom stereocenters. The minimum atomic E-state index is -4.76. The molecular formula is C18H21F3N6O3S. The Morgan fingerprint density at radius 1 is 1.23 bits per heavy atom. The molecule has 0 radical (unpaired) electrons. The summed E-state index contributed by atoms with van der Waals surface area (Å²) in [6, 6.07) is 2.09. The summed E-state index contributed by atoms with van der Waals surface area (Å²) in [4.78, 5) is 21.0. The van der Waals surface area contributed by atoms with Crippen molar-refractivity contribution in [1.82, 2.24) is 19.1 Å². The summed E-state index contributed by atoms with van der Waals surface area (Å²) in [5, 5.41) is 1.18. The van der Waals surface area contributed by atoms with Crippen molar-refractivity contribution in [3.05, 3.63) is 34.4 Å². The van der Waals surface area contributed by atoms with Gasteiger partial charge in [0.15, 0.2) is 15.7 Å². The zero-order chi connectivity index (χ0) is 23.3. The first-order valence-corrected chi connectivity index (χ1v) is 10.9. The highest BCUT2D eigenvalue weighted by Gasteiger charge is 2.36. The number of hydrazine groups is 1. The quantitative estimate of drug-likeness (QED) is 0.459. The third-order valence-electron chi connectivity index (χ3n) is 4.91. The fraction of sp³-hybridized carbons (Fsp3) is 0.389. The molecule has 3 rings (SSSR count). The van der Waals surface area contributed by atoms with Crippen LogP contribution >= 0.6 is 0 Å². The number of hydrogen-bond donors (Lipinski definition) is 1. The summed E-state index contributed by atoms with van der Waals surface area (Å²) in [6.45, 7) is 2.67. The molecule has 0 aliphatic heterocycles. The molecule has 0 aromatic carbocycles. The van der Waals surface area contributed by atoms with Crippen molar-refractivity contribution in [2.45, 2.75) is 31.5 Å². The molecular weight excluding hydrogens is 437 g/mol. The number of rotatable bonds is 5. The van der Waals surface area contributed by atoms with E-state index < -0.39 is 27.3 Å². The van der Waals surface area contributed by atoms with Crippen LogP contribution in [-0.2, 0) is 29.6 Å². The molecule has 31 heavy (non-hydrogen) atoms. The van der Waals surface area contributed by atoms with E-state index in [0.717, 1.165) is 6.07 Å². The van der Waals surface area contributed by atoms with E-state index in [-0.39, 0.29) is 39.7 Å². The van der Waals surface area contributed by atoms with E-state index >= 15 is 0 Å². The van der Waals surface area contributed by atoms with E-state index in [1.54, 1.807) is 0 Å². The number of hydrogen-bond acceptors (Lipinski definition) is 7. The normalized spacial score (nSPS) is 12.5. The average Bonchev–Trinajstić information content (AvgIpc) is 3.03. The van der Waals surface area contributed by atoms with Crippen LogP contribution < -0.4 is 16.4 Å². The Kier molecular flexibility index (Phi) is 5.61. The molecule has 0 fully saturated rings. The Morgan fingerprint density at radius 3 is 2.39 bits per heavy atom. The molecule has 13 heteroatoms. The van der Waals surface area contributed by atoms with E-state index in [4.69, 9.17) is 5.84 Å². The van der Waals surface area contributed by atoms with Gasteiger partial charge in [-0.2, -0.15) is 13.2 Å². The maximum Gasteiger partial charge on any atom is 0.431 e. The number of imidazole rings is 1. The Morgan fingerprint density at radius 2 is 1.87 bits per heavy atom. The number of nitrogens with zero attached hydrogens (tertiary/aromatic N) is 5. The smallest absolute Gasteiger partial charge is 0.321 e. The second-order valence-electron chi connectivity index (χ2n) is 6.86.